The summed E-state index contributed by atoms with van der Waals surface area (Å²) in [5.41, 5.74) is 0. The Morgan fingerprint density at radius 3 is 2.70 bits per heavy atom. The first-order valence-electron chi connectivity index (χ1n) is 7.54. The smallest absolute Gasteiger partial charge is 0.315 e. The summed E-state index contributed by atoms with van der Waals surface area (Å²) < 4.78 is 5.55. The molecule has 0 aromatic carbocycles. The van der Waals surface area contributed by atoms with Gasteiger partial charge in [0.1, 0.15) is 0 Å². The molecule has 3 unspecified atom stereocenters. The number of ether oxygens (including phenoxy) is 1. The summed E-state index contributed by atoms with van der Waals surface area (Å²) in [6, 6.07) is -0.243. The second-order valence-corrected chi connectivity index (χ2v) is 5.74. The number of carboxylic acid groups (broad SMARTS) is 1. The number of hydrogen-bond acceptors (Lipinski definition) is 3. The molecule has 1 aliphatic heterocycles. The van der Waals surface area contributed by atoms with Crippen LogP contribution in [0.1, 0.15) is 44.9 Å². The Balaban J connectivity index is 1.66. The molecular formula is C14H24N2O4. The van der Waals surface area contributed by atoms with E-state index >= 15 is 0 Å². The normalized spacial score (nSPS) is 30.5. The Kier molecular flexibility index (Phi) is 5.64. The third-order valence-electron chi connectivity index (χ3n) is 4.12. The Bertz CT molecular complexity index is 342. The van der Waals surface area contributed by atoms with Crippen LogP contribution in [0.5, 0.6) is 0 Å². The zero-order chi connectivity index (χ0) is 14.4. The van der Waals surface area contributed by atoms with Crippen molar-refractivity contribution in [2.45, 2.75) is 57.1 Å². The Hall–Kier alpha value is -1.30. The minimum absolute atomic E-state index is 0.0304. The van der Waals surface area contributed by atoms with Gasteiger partial charge in [-0.2, -0.15) is 0 Å². The van der Waals surface area contributed by atoms with Gasteiger partial charge in [0.25, 0.3) is 0 Å². The minimum Gasteiger partial charge on any atom is -0.481 e. The van der Waals surface area contributed by atoms with E-state index < -0.39 is 5.97 Å². The highest BCUT2D eigenvalue weighted by molar-refractivity contribution is 5.74. The fourth-order valence-electron chi connectivity index (χ4n) is 2.96. The molecule has 1 aliphatic carbocycles. The predicted octanol–water partition coefficient (Wildman–Crippen LogP) is 1.50. The third-order valence-corrected chi connectivity index (χ3v) is 4.12. The lowest BCUT2D eigenvalue weighted by atomic mass is 9.86. The van der Waals surface area contributed by atoms with Gasteiger partial charge >= 0.3 is 12.0 Å². The van der Waals surface area contributed by atoms with Gasteiger partial charge < -0.3 is 20.5 Å². The molecule has 0 spiro atoms. The number of carboxylic acids is 1. The molecule has 0 aromatic rings. The highest BCUT2D eigenvalue weighted by atomic mass is 16.5. The van der Waals surface area contributed by atoms with Crippen molar-refractivity contribution in [2.75, 3.05) is 13.2 Å². The van der Waals surface area contributed by atoms with Crippen LogP contribution in [0.25, 0.3) is 0 Å². The monoisotopic (exact) mass is 284 g/mol. The molecule has 1 heterocycles. The van der Waals surface area contributed by atoms with Crippen molar-refractivity contribution in [2.24, 2.45) is 5.92 Å². The fraction of sp³-hybridized carbons (Fsp3) is 0.857. The van der Waals surface area contributed by atoms with Gasteiger partial charge in [0.2, 0.25) is 0 Å². The van der Waals surface area contributed by atoms with Crippen molar-refractivity contribution in [3.63, 3.8) is 0 Å². The van der Waals surface area contributed by atoms with E-state index in [2.05, 4.69) is 10.6 Å². The molecule has 3 atom stereocenters. The first-order chi connectivity index (χ1) is 9.65. The molecule has 2 rings (SSSR count). The van der Waals surface area contributed by atoms with E-state index in [-0.39, 0.29) is 24.1 Å². The molecule has 2 fully saturated rings. The molecule has 3 N–H and O–H groups in total. The lowest BCUT2D eigenvalue weighted by Gasteiger charge is -2.28. The number of nitrogens with one attached hydrogen (secondary N) is 2. The van der Waals surface area contributed by atoms with Crippen molar-refractivity contribution >= 4 is 12.0 Å². The van der Waals surface area contributed by atoms with Gasteiger partial charge in [-0.1, -0.05) is 6.42 Å². The van der Waals surface area contributed by atoms with E-state index in [1.165, 1.54) is 0 Å². The average molecular weight is 284 g/mol. The summed E-state index contributed by atoms with van der Waals surface area (Å²) >= 11 is 0. The lowest BCUT2D eigenvalue weighted by Crippen LogP contribution is -2.47. The first kappa shape index (κ1) is 15.1. The number of aliphatic carboxylic acids is 1. The fourth-order valence-corrected chi connectivity index (χ4v) is 2.96. The van der Waals surface area contributed by atoms with Crippen LogP contribution in [0.4, 0.5) is 4.79 Å². The maximum absolute atomic E-state index is 11.8. The summed E-state index contributed by atoms with van der Waals surface area (Å²) in [6.45, 7) is 1.30. The van der Waals surface area contributed by atoms with E-state index in [0.717, 1.165) is 38.7 Å². The van der Waals surface area contributed by atoms with Gasteiger partial charge in [0, 0.05) is 19.2 Å². The van der Waals surface area contributed by atoms with E-state index in [9.17, 15) is 9.59 Å². The van der Waals surface area contributed by atoms with Crippen LogP contribution >= 0.6 is 0 Å². The van der Waals surface area contributed by atoms with Gasteiger partial charge in [0.15, 0.2) is 0 Å². The molecule has 1 saturated heterocycles. The van der Waals surface area contributed by atoms with E-state index in [1.807, 2.05) is 0 Å². The molecule has 2 aliphatic rings. The SMILES string of the molecule is O=C(NCC1CCCCO1)NC1CCCC(C(=O)O)C1. The molecule has 20 heavy (non-hydrogen) atoms. The van der Waals surface area contributed by atoms with E-state index in [1.54, 1.807) is 0 Å². The van der Waals surface area contributed by atoms with Crippen molar-refractivity contribution in [3.8, 4) is 0 Å². The molecular weight excluding hydrogens is 260 g/mol. The van der Waals surface area contributed by atoms with Gasteiger partial charge in [-0.25, -0.2) is 4.79 Å². The molecule has 0 bridgehead atoms. The second kappa shape index (κ2) is 7.47. The molecule has 0 radical (unpaired) electrons. The minimum atomic E-state index is -0.757. The number of rotatable bonds is 4. The number of hydrogen-bond donors (Lipinski definition) is 3. The van der Waals surface area contributed by atoms with Crippen LogP contribution in [0.15, 0.2) is 0 Å². The van der Waals surface area contributed by atoms with Crippen LogP contribution in [0.3, 0.4) is 0 Å². The Labute approximate surface area is 119 Å². The van der Waals surface area contributed by atoms with Crippen molar-refractivity contribution in [1.82, 2.24) is 10.6 Å². The van der Waals surface area contributed by atoms with Gasteiger partial charge in [-0.3, -0.25) is 4.79 Å². The maximum atomic E-state index is 11.8. The summed E-state index contributed by atoms with van der Waals surface area (Å²) in [7, 11) is 0. The second-order valence-electron chi connectivity index (χ2n) is 5.74. The standard InChI is InChI=1S/C14H24N2O4/c17-13(18)10-4-3-5-11(8-10)16-14(19)15-9-12-6-1-2-7-20-12/h10-12H,1-9H2,(H,17,18)(H2,15,16,19). The summed E-state index contributed by atoms with van der Waals surface area (Å²) in [5, 5.41) is 14.7. The molecule has 2 amide bonds. The molecule has 6 heteroatoms. The number of amides is 2. The van der Waals surface area contributed by atoms with Crippen LogP contribution < -0.4 is 10.6 Å². The highest BCUT2D eigenvalue weighted by Gasteiger charge is 2.27. The predicted molar refractivity (Wildman–Crippen MR) is 73.5 cm³/mol. The maximum Gasteiger partial charge on any atom is 0.315 e. The zero-order valence-corrected chi connectivity index (χ0v) is 11.8. The highest BCUT2D eigenvalue weighted by Crippen LogP contribution is 2.24. The van der Waals surface area contributed by atoms with Crippen LogP contribution in [0.2, 0.25) is 0 Å². The van der Waals surface area contributed by atoms with Gasteiger partial charge in [-0.05, 0) is 38.5 Å². The Morgan fingerprint density at radius 2 is 2.00 bits per heavy atom. The number of carbonyl (C=O) groups is 2. The molecule has 6 nitrogen and oxygen atoms in total. The largest absolute Gasteiger partial charge is 0.481 e. The average Bonchev–Trinajstić information content (AvgIpc) is 2.46. The van der Waals surface area contributed by atoms with Crippen molar-refractivity contribution in [3.05, 3.63) is 0 Å². The van der Waals surface area contributed by atoms with Crippen LogP contribution in [-0.2, 0) is 9.53 Å². The van der Waals surface area contributed by atoms with Crippen molar-refractivity contribution in [1.29, 1.82) is 0 Å². The van der Waals surface area contributed by atoms with E-state index in [0.29, 0.717) is 19.4 Å². The van der Waals surface area contributed by atoms with Crippen LogP contribution in [-0.4, -0.2) is 42.4 Å². The quantitative estimate of drug-likeness (QED) is 0.730. The summed E-state index contributed by atoms with van der Waals surface area (Å²) in [4.78, 5) is 22.8. The first-order valence-corrected chi connectivity index (χ1v) is 7.54. The van der Waals surface area contributed by atoms with Crippen molar-refractivity contribution < 1.29 is 19.4 Å². The van der Waals surface area contributed by atoms with Crippen LogP contribution in [0, 0.1) is 5.92 Å². The summed E-state index contributed by atoms with van der Waals surface area (Å²) in [6.07, 6.45) is 6.31. The molecule has 0 aromatic heterocycles. The zero-order valence-electron chi connectivity index (χ0n) is 11.8. The Morgan fingerprint density at radius 1 is 1.15 bits per heavy atom. The van der Waals surface area contributed by atoms with Gasteiger partial charge in [0.05, 0.1) is 12.0 Å². The molecule has 114 valence electrons. The lowest BCUT2D eigenvalue weighted by molar-refractivity contribution is -0.143. The third kappa shape index (κ3) is 4.67. The number of urea groups is 1. The number of carbonyl (C=O) groups excluding carboxylic acids is 1. The van der Waals surface area contributed by atoms with E-state index in [4.69, 9.17) is 9.84 Å². The van der Waals surface area contributed by atoms with Gasteiger partial charge in [-0.15, -0.1) is 0 Å². The molecule has 1 saturated carbocycles. The summed E-state index contributed by atoms with van der Waals surface area (Å²) in [5.74, 6) is -1.08. The topological polar surface area (TPSA) is 87.7 Å².